The molecule has 0 amide bonds. The van der Waals surface area contributed by atoms with Crippen LogP contribution in [0.2, 0.25) is 18.1 Å². The second kappa shape index (κ2) is 9.33. The van der Waals surface area contributed by atoms with E-state index in [1.54, 1.807) is 7.11 Å². The predicted molar refractivity (Wildman–Crippen MR) is 142 cm³/mol. The van der Waals surface area contributed by atoms with Gasteiger partial charge < -0.3 is 18.6 Å². The fourth-order valence-electron chi connectivity index (χ4n) is 6.46. The summed E-state index contributed by atoms with van der Waals surface area (Å²) in [5, 5.41) is 0.0291. The Morgan fingerprint density at radius 1 is 1.14 bits per heavy atom. The Kier molecular flexibility index (Phi) is 7.13. The van der Waals surface area contributed by atoms with Gasteiger partial charge in [0, 0.05) is 24.9 Å². The van der Waals surface area contributed by atoms with Crippen molar-refractivity contribution >= 4 is 20.1 Å². The molecule has 0 N–H and O–H groups in total. The molecular formula is C29H44O6Si. The molecule has 2 heterocycles. The van der Waals surface area contributed by atoms with Crippen LogP contribution in [-0.2, 0) is 28.2 Å². The van der Waals surface area contributed by atoms with Gasteiger partial charge in [-0.1, -0.05) is 45.9 Å². The lowest BCUT2D eigenvalue weighted by Gasteiger charge is -2.45. The molecule has 7 heteroatoms. The third-order valence-electron chi connectivity index (χ3n) is 9.42. The number of hydrogen-bond donors (Lipinski definition) is 0. The number of esters is 1. The van der Waals surface area contributed by atoms with Gasteiger partial charge in [0.25, 0.3) is 0 Å². The van der Waals surface area contributed by atoms with Crippen LogP contribution in [0, 0.1) is 23.7 Å². The monoisotopic (exact) mass is 516 g/mol. The lowest BCUT2D eigenvalue weighted by atomic mass is 9.60. The van der Waals surface area contributed by atoms with E-state index in [4.69, 9.17) is 18.6 Å². The van der Waals surface area contributed by atoms with Crippen molar-refractivity contribution in [3.05, 3.63) is 35.5 Å². The molecule has 2 aliphatic carbocycles. The molecule has 1 saturated heterocycles. The number of carbonyl (C=O) groups is 2. The normalized spacial score (nSPS) is 41.1. The topological polar surface area (TPSA) is 71.1 Å². The van der Waals surface area contributed by atoms with Gasteiger partial charge >= 0.3 is 5.97 Å². The molecule has 0 aromatic heterocycles. The van der Waals surface area contributed by atoms with E-state index < -0.39 is 26.1 Å². The molecule has 0 saturated carbocycles. The number of cyclic esters (lactones) is 1. The molecule has 1 unspecified atom stereocenters. The summed E-state index contributed by atoms with van der Waals surface area (Å²) >= 11 is 0. The fraction of sp³-hybridized carbons (Fsp3) is 0.724. The molecular weight excluding hydrogens is 472 g/mol. The highest BCUT2D eigenvalue weighted by Crippen LogP contribution is 2.58. The maximum atomic E-state index is 13.5. The van der Waals surface area contributed by atoms with Gasteiger partial charge in [-0.25, -0.2) is 4.79 Å². The Bertz CT molecular complexity index is 1000. The Labute approximate surface area is 217 Å². The summed E-state index contributed by atoms with van der Waals surface area (Å²) in [7, 11) is -0.561. The smallest absolute Gasteiger partial charge is 0.335 e. The predicted octanol–water partition coefficient (Wildman–Crippen LogP) is 5.39. The molecule has 4 aliphatic rings. The number of ether oxygens (including phenoxy) is 3. The first-order valence-electron chi connectivity index (χ1n) is 13.3. The minimum Gasteiger partial charge on any atom is -0.457 e. The van der Waals surface area contributed by atoms with Crippen molar-refractivity contribution in [2.45, 2.75) is 103 Å². The Morgan fingerprint density at radius 2 is 1.81 bits per heavy atom. The largest absolute Gasteiger partial charge is 0.457 e. The minimum absolute atomic E-state index is 0.0173. The Morgan fingerprint density at radius 3 is 2.42 bits per heavy atom. The second-order valence-corrected chi connectivity index (χ2v) is 17.5. The van der Waals surface area contributed by atoms with E-state index in [1.165, 1.54) is 0 Å². The van der Waals surface area contributed by atoms with Gasteiger partial charge in [0.05, 0.1) is 18.1 Å². The van der Waals surface area contributed by atoms with Crippen LogP contribution in [0.4, 0.5) is 0 Å². The van der Waals surface area contributed by atoms with Gasteiger partial charge in [0.1, 0.15) is 11.7 Å². The average Bonchev–Trinajstić information content (AvgIpc) is 2.92. The standard InChI is InChI=1S/C29H44O6Si/c1-16-14-22-21-12-11-20-15-23(32-8)27(31)33-26(19(4)35-36(9,10)28(5,6)7)17(2)13-18(3)29(20,34-22)24(21)25(16)30/h11-14,17,19-24,26H,15H2,1-10H3/b18-13+/t17-,19?,20-,21+,22+,23+,24+,26+,29+/m1/s1. The lowest BCUT2D eigenvalue weighted by molar-refractivity contribution is -0.171. The molecule has 0 aromatic carbocycles. The molecule has 0 radical (unpaired) electrons. The Balaban J connectivity index is 1.77. The highest BCUT2D eigenvalue weighted by Gasteiger charge is 2.64. The number of rotatable bonds is 4. The van der Waals surface area contributed by atoms with E-state index in [0.717, 1.165) is 11.1 Å². The van der Waals surface area contributed by atoms with E-state index >= 15 is 0 Å². The van der Waals surface area contributed by atoms with Crippen molar-refractivity contribution < 1.29 is 28.2 Å². The summed E-state index contributed by atoms with van der Waals surface area (Å²) in [5.74, 6) is -0.840. The molecule has 1 fully saturated rings. The number of Topliss-reactive ketones (excluding diaryl/α,β-unsaturated/α-hetero) is 1. The van der Waals surface area contributed by atoms with E-state index in [2.05, 4.69) is 65.9 Å². The number of hydrogen-bond acceptors (Lipinski definition) is 6. The van der Waals surface area contributed by atoms with Crippen molar-refractivity contribution in [3.63, 3.8) is 0 Å². The van der Waals surface area contributed by atoms with Crippen molar-refractivity contribution in [1.29, 1.82) is 0 Å². The summed E-state index contributed by atoms with van der Waals surface area (Å²) in [6, 6.07) is 0. The first kappa shape index (κ1) is 27.5. The zero-order valence-electron chi connectivity index (χ0n) is 23.6. The van der Waals surface area contributed by atoms with Crippen LogP contribution < -0.4 is 0 Å². The van der Waals surface area contributed by atoms with E-state index in [9.17, 15) is 9.59 Å². The van der Waals surface area contributed by atoms with E-state index in [0.29, 0.717) is 6.42 Å². The van der Waals surface area contributed by atoms with Gasteiger partial charge in [-0.15, -0.1) is 0 Å². The number of allylic oxidation sites excluding steroid dienone is 1. The third kappa shape index (κ3) is 4.30. The van der Waals surface area contributed by atoms with Crippen molar-refractivity contribution in [1.82, 2.24) is 0 Å². The van der Waals surface area contributed by atoms with Gasteiger partial charge in [-0.2, -0.15) is 0 Å². The highest BCUT2D eigenvalue weighted by molar-refractivity contribution is 6.74. The molecule has 9 atom stereocenters. The molecule has 1 spiro atoms. The average molecular weight is 517 g/mol. The summed E-state index contributed by atoms with van der Waals surface area (Å²) in [5.41, 5.74) is 0.990. The van der Waals surface area contributed by atoms with Gasteiger partial charge in [0.2, 0.25) is 0 Å². The van der Waals surface area contributed by atoms with Gasteiger partial charge in [0.15, 0.2) is 20.2 Å². The van der Waals surface area contributed by atoms with Crippen molar-refractivity contribution in [2.24, 2.45) is 23.7 Å². The first-order valence-corrected chi connectivity index (χ1v) is 16.2. The van der Waals surface area contributed by atoms with Gasteiger partial charge in [-0.05, 0) is 62.5 Å². The molecule has 0 aromatic rings. The fourth-order valence-corrected chi connectivity index (χ4v) is 7.87. The van der Waals surface area contributed by atoms with Crippen LogP contribution in [0.25, 0.3) is 0 Å². The quantitative estimate of drug-likeness (QED) is 0.283. The number of carbonyl (C=O) groups excluding carboxylic acids is 2. The zero-order valence-corrected chi connectivity index (χ0v) is 24.6. The highest BCUT2D eigenvalue weighted by atomic mass is 28.4. The van der Waals surface area contributed by atoms with Crippen LogP contribution in [0.1, 0.15) is 54.9 Å². The number of ketones is 1. The lowest BCUT2D eigenvalue weighted by Crippen LogP contribution is -2.53. The molecule has 6 nitrogen and oxygen atoms in total. The SMILES string of the molecule is CO[C@H]1C[C@H]2C=C[C@H]3[C@@H]4C=C(C)C(=O)[C@H]3[C@]2(O4)/C(C)=C/[C@@H](C)[C@@H](C(C)O[Si](C)(C)C(C)(C)C)OC1=O. The summed E-state index contributed by atoms with van der Waals surface area (Å²) in [4.78, 5) is 27.0. The van der Waals surface area contributed by atoms with Crippen molar-refractivity contribution in [3.8, 4) is 0 Å². The van der Waals surface area contributed by atoms with E-state index in [1.807, 2.05) is 19.9 Å². The molecule has 200 valence electrons. The summed E-state index contributed by atoms with van der Waals surface area (Å²) < 4.78 is 25.3. The summed E-state index contributed by atoms with van der Waals surface area (Å²) in [6.07, 6.45) is 7.08. The van der Waals surface area contributed by atoms with Crippen molar-refractivity contribution in [2.75, 3.05) is 7.11 Å². The van der Waals surface area contributed by atoms with Crippen LogP contribution in [0.3, 0.4) is 0 Å². The summed E-state index contributed by atoms with van der Waals surface area (Å²) in [6.45, 7) is 19.0. The van der Waals surface area contributed by atoms with Crippen LogP contribution >= 0.6 is 0 Å². The second-order valence-electron chi connectivity index (χ2n) is 12.8. The molecule has 36 heavy (non-hydrogen) atoms. The van der Waals surface area contributed by atoms with Crippen LogP contribution in [0.15, 0.2) is 35.5 Å². The first-order chi connectivity index (χ1) is 16.6. The maximum Gasteiger partial charge on any atom is 0.335 e. The molecule has 4 rings (SSSR count). The third-order valence-corrected chi connectivity index (χ3v) is 14.0. The molecule has 2 aliphatic heterocycles. The van der Waals surface area contributed by atoms with E-state index in [-0.39, 0.29) is 52.7 Å². The molecule has 4 bridgehead atoms. The van der Waals surface area contributed by atoms with Gasteiger partial charge in [-0.3, -0.25) is 4.79 Å². The maximum absolute atomic E-state index is 13.5. The minimum atomic E-state index is -2.10. The van der Waals surface area contributed by atoms with Crippen LogP contribution in [0.5, 0.6) is 0 Å². The van der Waals surface area contributed by atoms with Crippen LogP contribution in [-0.4, -0.2) is 57.2 Å². The number of methoxy groups -OCH3 is 1. The Hall–Kier alpha value is -1.54. The zero-order chi connectivity index (χ0) is 26.8.